The summed E-state index contributed by atoms with van der Waals surface area (Å²) in [5.41, 5.74) is 5.45. The molecule has 2 aromatic heterocycles. The van der Waals surface area contributed by atoms with Crippen LogP contribution in [0.3, 0.4) is 0 Å². The topological polar surface area (TPSA) is 102 Å². The highest BCUT2D eigenvalue weighted by Gasteiger charge is 2.35. The number of nitrogens with zero attached hydrogens (tertiary/aromatic N) is 5. The van der Waals surface area contributed by atoms with Crippen molar-refractivity contribution in [3.05, 3.63) is 29.2 Å². The van der Waals surface area contributed by atoms with E-state index < -0.39 is 11.7 Å². The first-order valence-electron chi connectivity index (χ1n) is 11.0. The van der Waals surface area contributed by atoms with Crippen molar-refractivity contribution in [1.29, 1.82) is 0 Å². The summed E-state index contributed by atoms with van der Waals surface area (Å²) >= 11 is 5.64. The van der Waals surface area contributed by atoms with Gasteiger partial charge in [0.1, 0.15) is 17.2 Å². The molecule has 0 spiro atoms. The van der Waals surface area contributed by atoms with Gasteiger partial charge in [-0.15, -0.1) is 0 Å². The number of rotatable bonds is 8. The van der Waals surface area contributed by atoms with Gasteiger partial charge in [-0.25, -0.2) is 9.97 Å². The molecule has 0 radical (unpaired) electrons. The third-order valence-corrected chi connectivity index (χ3v) is 6.07. The van der Waals surface area contributed by atoms with Crippen LogP contribution in [0.1, 0.15) is 18.9 Å². The highest BCUT2D eigenvalue weighted by Crippen LogP contribution is 2.33. The smallest absolute Gasteiger partial charge is 0.421 e. The number of hydrogen-bond donors (Lipinski definition) is 2. The maximum absolute atomic E-state index is 13.1. The molecule has 2 aromatic rings. The first-order valence-corrected chi connectivity index (χ1v) is 11.4. The minimum absolute atomic E-state index is 0.181. The van der Waals surface area contributed by atoms with E-state index in [2.05, 4.69) is 37.0 Å². The third kappa shape index (κ3) is 5.73. The Balaban J connectivity index is 1.29. The summed E-state index contributed by atoms with van der Waals surface area (Å²) in [4.78, 5) is 16.3. The summed E-state index contributed by atoms with van der Waals surface area (Å²) in [6, 6.07) is 4.49. The highest BCUT2D eigenvalue weighted by molar-refractivity contribution is 6.28. The minimum Gasteiger partial charge on any atom is -0.476 e. The zero-order valence-electron chi connectivity index (χ0n) is 18.7. The maximum Gasteiger partial charge on any atom is 0.421 e. The van der Waals surface area contributed by atoms with Crippen LogP contribution in [0.25, 0.3) is 0 Å². The van der Waals surface area contributed by atoms with E-state index in [-0.39, 0.29) is 24.3 Å². The average molecular weight is 502 g/mol. The number of alkyl halides is 3. The summed E-state index contributed by atoms with van der Waals surface area (Å²) in [5, 5.41) is 2.38. The summed E-state index contributed by atoms with van der Waals surface area (Å²) in [6.45, 7) is 6.76. The molecule has 2 aliphatic rings. The van der Waals surface area contributed by atoms with Gasteiger partial charge in [0.2, 0.25) is 11.2 Å². The van der Waals surface area contributed by atoms with Crippen LogP contribution >= 0.6 is 11.6 Å². The monoisotopic (exact) mass is 501 g/mol. The molecular weight excluding hydrogens is 475 g/mol. The highest BCUT2D eigenvalue weighted by atomic mass is 35.5. The van der Waals surface area contributed by atoms with Crippen LogP contribution in [0.4, 0.5) is 30.5 Å². The molecular formula is C21H27ClF3N7O2. The van der Waals surface area contributed by atoms with Gasteiger partial charge in [-0.3, -0.25) is 4.90 Å². The molecule has 34 heavy (non-hydrogen) atoms. The summed E-state index contributed by atoms with van der Waals surface area (Å²) < 4.78 is 50.3. The largest absolute Gasteiger partial charge is 0.476 e. The molecule has 0 aliphatic carbocycles. The summed E-state index contributed by atoms with van der Waals surface area (Å²) in [7, 11) is 0. The standard InChI is InChI=1S/C21H27ClF3N7O2/c1-13-10-31(6-7-32(13)14-11-33-12-14)17-4-3-16(26)19(29-17)34-8-2-5-27-18-15(21(23,24)25)9-28-20(22)30-18/h3-4,9,13-14H,2,5-8,10-12,26H2,1H3,(H,27,28,30). The van der Waals surface area contributed by atoms with Crippen LogP contribution in [0, 0.1) is 0 Å². The van der Waals surface area contributed by atoms with Gasteiger partial charge in [0.15, 0.2) is 0 Å². The lowest BCUT2D eigenvalue weighted by atomic mass is 10.1. The number of nitrogen functional groups attached to an aromatic ring is 1. The second-order valence-electron chi connectivity index (χ2n) is 8.32. The van der Waals surface area contributed by atoms with Crippen LogP contribution in [0.5, 0.6) is 5.88 Å². The maximum atomic E-state index is 13.1. The number of hydrogen-bond acceptors (Lipinski definition) is 9. The van der Waals surface area contributed by atoms with Gasteiger partial charge >= 0.3 is 6.18 Å². The minimum atomic E-state index is -4.59. The van der Waals surface area contributed by atoms with Crippen LogP contribution < -0.4 is 20.7 Å². The third-order valence-electron chi connectivity index (χ3n) is 5.88. The molecule has 2 fully saturated rings. The van der Waals surface area contributed by atoms with Crippen molar-refractivity contribution in [2.24, 2.45) is 0 Å². The fraction of sp³-hybridized carbons (Fsp3) is 0.571. The van der Waals surface area contributed by atoms with Gasteiger partial charge in [-0.2, -0.15) is 18.2 Å². The van der Waals surface area contributed by atoms with E-state index in [4.69, 9.17) is 26.8 Å². The zero-order valence-corrected chi connectivity index (χ0v) is 19.4. The first-order chi connectivity index (χ1) is 16.2. The van der Waals surface area contributed by atoms with Crippen LogP contribution in [0.2, 0.25) is 5.28 Å². The van der Waals surface area contributed by atoms with E-state index in [1.165, 1.54) is 0 Å². The van der Waals surface area contributed by atoms with Gasteiger partial charge in [0.05, 0.1) is 31.5 Å². The second kappa shape index (κ2) is 10.4. The molecule has 0 aromatic carbocycles. The van der Waals surface area contributed by atoms with Crippen molar-refractivity contribution >= 4 is 28.9 Å². The Bertz CT molecular complexity index is 993. The van der Waals surface area contributed by atoms with Gasteiger partial charge in [-0.05, 0) is 37.1 Å². The Morgan fingerprint density at radius 3 is 2.74 bits per heavy atom. The van der Waals surface area contributed by atoms with Crippen LogP contribution in [-0.2, 0) is 10.9 Å². The number of pyridine rings is 1. The molecule has 0 bridgehead atoms. The second-order valence-corrected chi connectivity index (χ2v) is 8.65. The Labute approximate surface area is 200 Å². The predicted molar refractivity (Wildman–Crippen MR) is 122 cm³/mol. The summed E-state index contributed by atoms with van der Waals surface area (Å²) in [6.07, 6.45) is -3.54. The first kappa shape index (κ1) is 24.6. The van der Waals surface area contributed by atoms with E-state index in [1.807, 2.05) is 6.07 Å². The van der Waals surface area contributed by atoms with E-state index in [0.717, 1.165) is 38.7 Å². The fourth-order valence-electron chi connectivity index (χ4n) is 4.02. The lowest BCUT2D eigenvalue weighted by molar-refractivity contribution is -0.137. The van der Waals surface area contributed by atoms with Crippen molar-refractivity contribution in [3.8, 4) is 5.88 Å². The van der Waals surface area contributed by atoms with Crippen LogP contribution in [0.15, 0.2) is 18.3 Å². The molecule has 4 rings (SSSR count). The number of aromatic nitrogens is 3. The molecule has 2 aliphatic heterocycles. The number of piperazine rings is 1. The normalized spacial score (nSPS) is 19.7. The van der Waals surface area contributed by atoms with Crippen molar-refractivity contribution < 1.29 is 22.6 Å². The number of ether oxygens (including phenoxy) is 2. The number of halogens is 4. The van der Waals surface area contributed by atoms with E-state index in [9.17, 15) is 13.2 Å². The zero-order chi connectivity index (χ0) is 24.3. The molecule has 9 nitrogen and oxygen atoms in total. The molecule has 0 amide bonds. The quantitative estimate of drug-likeness (QED) is 0.417. The Morgan fingerprint density at radius 2 is 2.06 bits per heavy atom. The fourth-order valence-corrected chi connectivity index (χ4v) is 4.15. The van der Waals surface area contributed by atoms with Gasteiger partial charge in [0.25, 0.3) is 0 Å². The number of anilines is 3. The molecule has 3 N–H and O–H groups in total. The molecule has 2 saturated heterocycles. The van der Waals surface area contributed by atoms with Gasteiger partial charge in [0, 0.05) is 38.4 Å². The van der Waals surface area contributed by atoms with E-state index in [0.29, 0.717) is 36.3 Å². The van der Waals surface area contributed by atoms with Crippen molar-refractivity contribution in [1.82, 2.24) is 19.9 Å². The van der Waals surface area contributed by atoms with E-state index in [1.54, 1.807) is 6.07 Å². The van der Waals surface area contributed by atoms with Crippen molar-refractivity contribution in [2.75, 3.05) is 62.0 Å². The van der Waals surface area contributed by atoms with Gasteiger partial charge in [-0.1, -0.05) is 0 Å². The van der Waals surface area contributed by atoms with E-state index >= 15 is 0 Å². The molecule has 186 valence electrons. The number of nitrogens with two attached hydrogens (primary N) is 1. The van der Waals surface area contributed by atoms with Crippen molar-refractivity contribution in [2.45, 2.75) is 31.6 Å². The van der Waals surface area contributed by atoms with Crippen molar-refractivity contribution in [3.63, 3.8) is 0 Å². The lowest BCUT2D eigenvalue weighted by Crippen LogP contribution is -2.60. The van der Waals surface area contributed by atoms with Crippen LogP contribution in [-0.4, -0.2) is 77.9 Å². The molecule has 0 saturated carbocycles. The summed E-state index contributed by atoms with van der Waals surface area (Å²) in [5.74, 6) is 0.721. The molecule has 13 heteroatoms. The molecule has 1 atom stereocenters. The Morgan fingerprint density at radius 1 is 1.26 bits per heavy atom. The Kier molecular flexibility index (Phi) is 7.48. The molecule has 4 heterocycles. The SMILES string of the molecule is CC1CN(c2ccc(N)c(OCCCNc3nc(Cl)ncc3C(F)(F)F)n2)CCN1C1COC1. The number of nitrogens with one attached hydrogen (secondary N) is 1. The Hall–Kier alpha value is -2.57. The van der Waals surface area contributed by atoms with Gasteiger partial charge < -0.3 is 25.4 Å². The molecule has 1 unspecified atom stereocenters. The predicted octanol–water partition coefficient (Wildman–Crippen LogP) is 2.92. The average Bonchev–Trinajstić information content (AvgIpc) is 2.74. The lowest BCUT2D eigenvalue weighted by Gasteiger charge is -2.46.